The second kappa shape index (κ2) is 10.6. The van der Waals surface area contributed by atoms with Crippen molar-refractivity contribution < 1.29 is 23.5 Å². The largest absolute Gasteiger partial charge is 0.459 e. The highest BCUT2D eigenvalue weighted by Gasteiger charge is 2.17. The summed E-state index contributed by atoms with van der Waals surface area (Å²) < 4.78 is 9.98. The van der Waals surface area contributed by atoms with Gasteiger partial charge in [-0.3, -0.25) is 14.4 Å². The SMILES string of the molecule is O=C(COC(=O)CCNC(=O)c1ccco1)NC(c1ccccc1)c1ccccc1. The quantitative estimate of drug-likeness (QED) is 0.533. The first-order valence-electron chi connectivity index (χ1n) is 9.50. The number of ether oxygens (including phenoxy) is 1. The molecular weight excluding hydrogens is 384 g/mol. The Bertz CT molecular complexity index is 916. The maximum absolute atomic E-state index is 12.4. The van der Waals surface area contributed by atoms with E-state index >= 15 is 0 Å². The minimum atomic E-state index is -0.583. The number of amides is 2. The van der Waals surface area contributed by atoms with Crippen LogP contribution in [-0.2, 0) is 14.3 Å². The Kier molecular flexibility index (Phi) is 7.38. The van der Waals surface area contributed by atoms with Crippen molar-refractivity contribution in [3.63, 3.8) is 0 Å². The van der Waals surface area contributed by atoms with Crippen LogP contribution in [-0.4, -0.2) is 30.9 Å². The second-order valence-electron chi connectivity index (χ2n) is 6.47. The van der Waals surface area contributed by atoms with E-state index < -0.39 is 24.4 Å². The molecule has 0 unspecified atom stereocenters. The Morgan fingerprint density at radius 3 is 2.07 bits per heavy atom. The minimum Gasteiger partial charge on any atom is -0.459 e. The van der Waals surface area contributed by atoms with Crippen LogP contribution in [0.1, 0.15) is 34.1 Å². The van der Waals surface area contributed by atoms with Gasteiger partial charge in [0.15, 0.2) is 12.4 Å². The predicted octanol–water partition coefficient (Wildman–Crippen LogP) is 2.85. The first-order valence-corrected chi connectivity index (χ1v) is 9.50. The van der Waals surface area contributed by atoms with E-state index in [0.29, 0.717) is 0 Å². The third-order valence-electron chi connectivity index (χ3n) is 4.30. The molecule has 0 atom stereocenters. The molecule has 2 N–H and O–H groups in total. The number of hydrogen-bond donors (Lipinski definition) is 2. The number of nitrogens with one attached hydrogen (secondary N) is 2. The molecule has 3 aromatic rings. The standard InChI is InChI=1S/C23H22N2O5/c26-20(16-30-21(27)13-14-24-23(28)19-12-7-15-29-19)25-22(17-8-3-1-4-9-17)18-10-5-2-6-11-18/h1-12,15,22H,13-14,16H2,(H,24,28)(H,25,26). The first-order chi connectivity index (χ1) is 14.6. The first kappa shape index (κ1) is 20.9. The van der Waals surface area contributed by atoms with Gasteiger partial charge < -0.3 is 19.8 Å². The number of benzene rings is 2. The van der Waals surface area contributed by atoms with E-state index in [0.717, 1.165) is 11.1 Å². The van der Waals surface area contributed by atoms with Crippen LogP contribution in [0.4, 0.5) is 0 Å². The summed E-state index contributed by atoms with van der Waals surface area (Å²) >= 11 is 0. The van der Waals surface area contributed by atoms with Crippen LogP contribution in [0.3, 0.4) is 0 Å². The van der Waals surface area contributed by atoms with Crippen molar-refractivity contribution in [2.75, 3.05) is 13.2 Å². The van der Waals surface area contributed by atoms with Crippen LogP contribution in [0.25, 0.3) is 0 Å². The summed E-state index contributed by atoms with van der Waals surface area (Å²) in [7, 11) is 0. The second-order valence-corrected chi connectivity index (χ2v) is 6.47. The minimum absolute atomic E-state index is 0.0550. The molecule has 1 aromatic heterocycles. The third-order valence-corrected chi connectivity index (χ3v) is 4.30. The molecule has 0 aliphatic heterocycles. The Morgan fingerprint density at radius 1 is 0.867 bits per heavy atom. The van der Waals surface area contributed by atoms with Crippen LogP contribution in [0, 0.1) is 0 Å². The molecular formula is C23H22N2O5. The van der Waals surface area contributed by atoms with Gasteiger partial charge in [0.1, 0.15) is 0 Å². The molecule has 1 heterocycles. The van der Waals surface area contributed by atoms with E-state index in [1.54, 1.807) is 6.07 Å². The highest BCUT2D eigenvalue weighted by molar-refractivity contribution is 5.91. The monoisotopic (exact) mass is 406 g/mol. The highest BCUT2D eigenvalue weighted by Crippen LogP contribution is 2.21. The molecule has 2 amide bonds. The number of carbonyl (C=O) groups excluding carboxylic acids is 3. The number of carbonyl (C=O) groups is 3. The molecule has 0 radical (unpaired) electrons. The molecule has 0 aliphatic rings. The van der Waals surface area contributed by atoms with Gasteiger partial charge in [-0.05, 0) is 23.3 Å². The van der Waals surface area contributed by atoms with Gasteiger partial charge in [0, 0.05) is 6.54 Å². The fourth-order valence-electron chi connectivity index (χ4n) is 2.84. The van der Waals surface area contributed by atoms with Gasteiger partial charge >= 0.3 is 5.97 Å². The Balaban J connectivity index is 1.47. The van der Waals surface area contributed by atoms with E-state index in [1.165, 1.54) is 12.3 Å². The van der Waals surface area contributed by atoms with E-state index in [-0.39, 0.29) is 24.8 Å². The molecule has 30 heavy (non-hydrogen) atoms. The molecule has 154 valence electrons. The molecule has 0 aliphatic carbocycles. The Morgan fingerprint density at radius 2 is 1.50 bits per heavy atom. The van der Waals surface area contributed by atoms with Crippen molar-refractivity contribution in [1.29, 1.82) is 0 Å². The Hall–Kier alpha value is -3.87. The summed E-state index contributed by atoms with van der Waals surface area (Å²) in [4.78, 5) is 36.0. The van der Waals surface area contributed by atoms with Crippen LogP contribution in [0.2, 0.25) is 0 Å². The number of furan rings is 1. The average molecular weight is 406 g/mol. The molecule has 0 saturated carbocycles. The van der Waals surface area contributed by atoms with E-state index in [4.69, 9.17) is 9.15 Å². The van der Waals surface area contributed by atoms with Crippen LogP contribution in [0.5, 0.6) is 0 Å². The lowest BCUT2D eigenvalue weighted by Gasteiger charge is -2.20. The van der Waals surface area contributed by atoms with Crippen molar-refractivity contribution in [2.24, 2.45) is 0 Å². The topological polar surface area (TPSA) is 97.6 Å². The summed E-state index contributed by atoms with van der Waals surface area (Å²) in [5.74, 6) is -1.25. The number of esters is 1. The zero-order valence-electron chi connectivity index (χ0n) is 16.2. The van der Waals surface area contributed by atoms with Gasteiger partial charge in [0.2, 0.25) is 0 Å². The van der Waals surface area contributed by atoms with Gasteiger partial charge in [-0.15, -0.1) is 0 Å². The molecule has 7 heteroatoms. The lowest BCUT2D eigenvalue weighted by Crippen LogP contribution is -2.33. The van der Waals surface area contributed by atoms with Gasteiger partial charge in [-0.1, -0.05) is 60.7 Å². The maximum atomic E-state index is 12.4. The highest BCUT2D eigenvalue weighted by atomic mass is 16.5. The van der Waals surface area contributed by atoms with Gasteiger partial charge in [-0.2, -0.15) is 0 Å². The molecule has 0 saturated heterocycles. The van der Waals surface area contributed by atoms with Crippen LogP contribution < -0.4 is 10.6 Å². The van der Waals surface area contributed by atoms with Crippen LogP contribution >= 0.6 is 0 Å². The van der Waals surface area contributed by atoms with Crippen molar-refractivity contribution in [3.8, 4) is 0 Å². The molecule has 0 bridgehead atoms. The van der Waals surface area contributed by atoms with Crippen molar-refractivity contribution in [2.45, 2.75) is 12.5 Å². The van der Waals surface area contributed by atoms with E-state index in [9.17, 15) is 14.4 Å². The normalized spacial score (nSPS) is 10.4. The summed E-state index contributed by atoms with van der Waals surface area (Å²) in [6.45, 7) is -0.322. The maximum Gasteiger partial charge on any atom is 0.308 e. The van der Waals surface area contributed by atoms with Crippen molar-refractivity contribution >= 4 is 17.8 Å². The molecule has 7 nitrogen and oxygen atoms in total. The molecule has 0 spiro atoms. The zero-order chi connectivity index (χ0) is 21.2. The lowest BCUT2D eigenvalue weighted by atomic mass is 9.99. The average Bonchev–Trinajstić information content (AvgIpc) is 3.32. The summed E-state index contributed by atoms with van der Waals surface area (Å²) in [5, 5.41) is 5.44. The van der Waals surface area contributed by atoms with Crippen molar-refractivity contribution in [1.82, 2.24) is 10.6 Å². The molecule has 0 fully saturated rings. The summed E-state index contributed by atoms with van der Waals surface area (Å²) in [5.41, 5.74) is 1.84. The fraction of sp³-hybridized carbons (Fsp3) is 0.174. The smallest absolute Gasteiger partial charge is 0.308 e. The lowest BCUT2D eigenvalue weighted by molar-refractivity contribution is -0.148. The predicted molar refractivity (Wildman–Crippen MR) is 109 cm³/mol. The molecule has 3 rings (SSSR count). The fourth-order valence-corrected chi connectivity index (χ4v) is 2.84. The number of hydrogen-bond acceptors (Lipinski definition) is 5. The van der Waals surface area contributed by atoms with Gasteiger partial charge in [0.25, 0.3) is 11.8 Å². The molecule has 2 aromatic carbocycles. The summed E-state index contributed by atoms with van der Waals surface area (Å²) in [6, 6.07) is 21.8. The van der Waals surface area contributed by atoms with Gasteiger partial charge in [0.05, 0.1) is 18.7 Å². The summed E-state index contributed by atoms with van der Waals surface area (Å²) in [6.07, 6.45) is 1.33. The van der Waals surface area contributed by atoms with E-state index in [1.807, 2.05) is 60.7 Å². The zero-order valence-corrected chi connectivity index (χ0v) is 16.2. The van der Waals surface area contributed by atoms with Crippen LogP contribution in [0.15, 0.2) is 83.5 Å². The van der Waals surface area contributed by atoms with Gasteiger partial charge in [-0.25, -0.2) is 0 Å². The van der Waals surface area contributed by atoms with E-state index in [2.05, 4.69) is 10.6 Å². The van der Waals surface area contributed by atoms with Crippen molar-refractivity contribution in [3.05, 3.63) is 95.9 Å². The number of rotatable bonds is 9. The Labute approximate surface area is 174 Å². The third kappa shape index (κ3) is 6.07.